The average molecular weight is 358 g/mol. The topological polar surface area (TPSA) is 62.0 Å². The summed E-state index contributed by atoms with van der Waals surface area (Å²) in [6.45, 7) is 12.3. The van der Waals surface area contributed by atoms with Gasteiger partial charge in [-0.3, -0.25) is 4.90 Å². The molecule has 0 saturated carbocycles. The molecule has 1 fully saturated rings. The minimum Gasteiger partial charge on any atom is -0.459 e. The normalized spacial score (nSPS) is 16.8. The molecule has 1 saturated heterocycles. The van der Waals surface area contributed by atoms with E-state index in [1.807, 2.05) is 18.2 Å². The number of ether oxygens (including phenoxy) is 1. The first kappa shape index (κ1) is 18.7. The van der Waals surface area contributed by atoms with Gasteiger partial charge in [0.15, 0.2) is 5.96 Å². The van der Waals surface area contributed by atoms with E-state index in [1.165, 1.54) is 0 Å². The maximum absolute atomic E-state index is 5.85. The molecular weight excluding hydrogens is 328 g/mol. The number of benzene rings is 1. The molecule has 2 heterocycles. The number of hydrogen-bond donors (Lipinski definition) is 2. The fourth-order valence-electron chi connectivity index (χ4n) is 3.19. The molecule has 0 amide bonds. The van der Waals surface area contributed by atoms with Crippen LogP contribution in [0.5, 0.6) is 0 Å². The Kier molecular flexibility index (Phi) is 6.16. The van der Waals surface area contributed by atoms with Crippen LogP contribution in [0.2, 0.25) is 0 Å². The van der Waals surface area contributed by atoms with Crippen LogP contribution in [-0.4, -0.2) is 55.8 Å². The van der Waals surface area contributed by atoms with Crippen LogP contribution in [0.1, 0.15) is 26.5 Å². The minimum atomic E-state index is 0.0410. The zero-order chi connectivity index (χ0) is 18.4. The van der Waals surface area contributed by atoms with E-state index in [0.29, 0.717) is 6.54 Å². The Balaban J connectivity index is 1.61. The van der Waals surface area contributed by atoms with Gasteiger partial charge in [-0.05, 0) is 32.9 Å². The fraction of sp³-hybridized carbons (Fsp3) is 0.550. The predicted molar refractivity (Wildman–Crippen MR) is 106 cm³/mol. The van der Waals surface area contributed by atoms with Crippen LogP contribution < -0.4 is 10.6 Å². The van der Waals surface area contributed by atoms with Gasteiger partial charge in [-0.1, -0.05) is 18.2 Å². The summed E-state index contributed by atoms with van der Waals surface area (Å²) < 4.78 is 11.3. The van der Waals surface area contributed by atoms with Gasteiger partial charge in [0.05, 0.1) is 13.2 Å². The molecule has 1 aliphatic heterocycles. The van der Waals surface area contributed by atoms with Gasteiger partial charge in [-0.15, -0.1) is 0 Å². The highest BCUT2D eigenvalue weighted by molar-refractivity contribution is 5.80. The lowest BCUT2D eigenvalue weighted by Crippen LogP contribution is -2.56. The number of nitrogens with one attached hydrogen (secondary N) is 2. The molecule has 26 heavy (non-hydrogen) atoms. The quantitative estimate of drug-likeness (QED) is 0.614. The zero-order valence-corrected chi connectivity index (χ0v) is 16.0. The summed E-state index contributed by atoms with van der Waals surface area (Å²) in [5.41, 5.74) is 0.948. The molecule has 2 aromatic rings. The molecule has 3 rings (SSSR count). The van der Waals surface area contributed by atoms with Gasteiger partial charge in [0.1, 0.15) is 17.9 Å². The molecule has 0 spiro atoms. The van der Waals surface area contributed by atoms with Crippen molar-refractivity contribution in [3.8, 4) is 0 Å². The summed E-state index contributed by atoms with van der Waals surface area (Å²) in [4.78, 5) is 7.15. The molecule has 0 unspecified atom stereocenters. The third-order valence-electron chi connectivity index (χ3n) is 4.77. The van der Waals surface area contributed by atoms with Crippen molar-refractivity contribution in [2.45, 2.75) is 32.9 Å². The van der Waals surface area contributed by atoms with Crippen LogP contribution in [0.3, 0.4) is 0 Å². The first-order valence-corrected chi connectivity index (χ1v) is 9.41. The van der Waals surface area contributed by atoms with Crippen LogP contribution in [-0.2, 0) is 11.3 Å². The maximum atomic E-state index is 5.85. The van der Waals surface area contributed by atoms with Gasteiger partial charge >= 0.3 is 0 Å². The molecular formula is C20H30N4O2. The van der Waals surface area contributed by atoms with Crippen LogP contribution in [0.15, 0.2) is 39.7 Å². The van der Waals surface area contributed by atoms with E-state index in [2.05, 4.69) is 53.4 Å². The van der Waals surface area contributed by atoms with E-state index < -0.39 is 0 Å². The molecule has 0 aliphatic carbocycles. The second kappa shape index (κ2) is 8.56. The van der Waals surface area contributed by atoms with Crippen molar-refractivity contribution in [1.82, 2.24) is 15.5 Å². The van der Waals surface area contributed by atoms with Crippen molar-refractivity contribution < 1.29 is 9.15 Å². The molecule has 2 N–H and O–H groups in total. The lowest BCUT2D eigenvalue weighted by atomic mass is 10.0. The molecule has 0 bridgehead atoms. The Hall–Kier alpha value is -2.05. The fourth-order valence-corrected chi connectivity index (χ4v) is 3.19. The van der Waals surface area contributed by atoms with Gasteiger partial charge in [-0.25, -0.2) is 4.99 Å². The highest BCUT2D eigenvalue weighted by Crippen LogP contribution is 2.19. The first-order valence-electron chi connectivity index (χ1n) is 9.41. The first-order chi connectivity index (χ1) is 12.6. The van der Waals surface area contributed by atoms with E-state index in [1.54, 1.807) is 0 Å². The molecule has 1 aliphatic rings. The zero-order valence-electron chi connectivity index (χ0n) is 16.0. The van der Waals surface area contributed by atoms with E-state index in [-0.39, 0.29) is 5.54 Å². The van der Waals surface area contributed by atoms with Gasteiger partial charge in [0.2, 0.25) is 0 Å². The van der Waals surface area contributed by atoms with Crippen molar-refractivity contribution in [3.63, 3.8) is 0 Å². The number of guanidine groups is 1. The van der Waals surface area contributed by atoms with Gasteiger partial charge in [0, 0.05) is 37.1 Å². The third kappa shape index (κ3) is 4.77. The Morgan fingerprint density at radius 1 is 1.19 bits per heavy atom. The number of furan rings is 1. The van der Waals surface area contributed by atoms with Gasteiger partial charge in [-0.2, -0.15) is 0 Å². The Morgan fingerprint density at radius 3 is 2.69 bits per heavy atom. The van der Waals surface area contributed by atoms with Gasteiger partial charge in [0.25, 0.3) is 0 Å². The Labute approximate surface area is 155 Å². The standard InChI is InChI=1S/C20H30N4O2/c1-4-21-19(23-15-20(2,3)24-9-11-25-12-10-24)22-14-17-13-16-7-5-6-8-18(16)26-17/h5-8,13H,4,9-12,14-15H2,1-3H3,(H2,21,22,23). The van der Waals surface area contributed by atoms with Crippen LogP contribution in [0.4, 0.5) is 0 Å². The number of morpholine rings is 1. The van der Waals surface area contributed by atoms with Crippen LogP contribution >= 0.6 is 0 Å². The summed E-state index contributed by atoms with van der Waals surface area (Å²) in [5, 5.41) is 7.91. The summed E-state index contributed by atoms with van der Waals surface area (Å²) in [7, 11) is 0. The average Bonchev–Trinajstić information content (AvgIpc) is 3.08. The second-order valence-electron chi connectivity index (χ2n) is 7.21. The summed E-state index contributed by atoms with van der Waals surface area (Å²) in [5.74, 6) is 1.69. The van der Waals surface area contributed by atoms with E-state index >= 15 is 0 Å². The monoisotopic (exact) mass is 358 g/mol. The predicted octanol–water partition coefficient (Wildman–Crippen LogP) is 2.60. The Bertz CT molecular complexity index is 699. The van der Waals surface area contributed by atoms with Crippen molar-refractivity contribution in [3.05, 3.63) is 36.1 Å². The van der Waals surface area contributed by atoms with Crippen molar-refractivity contribution in [2.75, 3.05) is 39.4 Å². The van der Waals surface area contributed by atoms with Crippen LogP contribution in [0.25, 0.3) is 11.0 Å². The van der Waals surface area contributed by atoms with Gasteiger partial charge < -0.3 is 19.8 Å². The van der Waals surface area contributed by atoms with Crippen molar-refractivity contribution >= 4 is 16.9 Å². The van der Waals surface area contributed by atoms with Crippen LogP contribution in [0, 0.1) is 0 Å². The maximum Gasteiger partial charge on any atom is 0.191 e. The number of hydrogen-bond acceptors (Lipinski definition) is 4. The lowest BCUT2D eigenvalue weighted by Gasteiger charge is -2.41. The molecule has 0 radical (unpaired) electrons. The van der Waals surface area contributed by atoms with E-state index in [0.717, 1.165) is 62.1 Å². The largest absolute Gasteiger partial charge is 0.459 e. The summed E-state index contributed by atoms with van der Waals surface area (Å²) >= 11 is 0. The number of fused-ring (bicyclic) bond motifs is 1. The lowest BCUT2D eigenvalue weighted by molar-refractivity contribution is -0.00834. The minimum absolute atomic E-state index is 0.0410. The summed E-state index contributed by atoms with van der Waals surface area (Å²) in [6.07, 6.45) is 0. The van der Waals surface area contributed by atoms with Crippen molar-refractivity contribution in [2.24, 2.45) is 4.99 Å². The molecule has 142 valence electrons. The number of aliphatic imine (C=N–C) groups is 1. The van der Waals surface area contributed by atoms with E-state index in [4.69, 9.17) is 9.15 Å². The Morgan fingerprint density at radius 2 is 1.96 bits per heavy atom. The van der Waals surface area contributed by atoms with E-state index in [9.17, 15) is 0 Å². The number of nitrogens with zero attached hydrogens (tertiary/aromatic N) is 2. The molecule has 6 heteroatoms. The molecule has 6 nitrogen and oxygen atoms in total. The molecule has 1 aromatic heterocycles. The SMILES string of the molecule is CCNC(=NCc1cc2ccccc2o1)NCC(C)(C)N1CCOCC1. The second-order valence-corrected chi connectivity index (χ2v) is 7.21. The molecule has 1 aromatic carbocycles. The molecule has 0 atom stereocenters. The third-order valence-corrected chi connectivity index (χ3v) is 4.77. The van der Waals surface area contributed by atoms with Crippen molar-refractivity contribution in [1.29, 1.82) is 0 Å². The number of rotatable bonds is 6. The number of para-hydroxylation sites is 1. The summed E-state index contributed by atoms with van der Waals surface area (Å²) in [6, 6.07) is 10.1. The smallest absolute Gasteiger partial charge is 0.191 e. The highest BCUT2D eigenvalue weighted by atomic mass is 16.5. The highest BCUT2D eigenvalue weighted by Gasteiger charge is 2.28.